The van der Waals surface area contributed by atoms with Crippen LogP contribution in [0, 0.1) is 0 Å². The van der Waals surface area contributed by atoms with Gasteiger partial charge in [-0.25, -0.2) is 0 Å². The van der Waals surface area contributed by atoms with Crippen molar-refractivity contribution in [2.24, 2.45) is 0 Å². The van der Waals surface area contributed by atoms with Crippen LogP contribution >= 0.6 is 15.9 Å². The summed E-state index contributed by atoms with van der Waals surface area (Å²) in [6, 6.07) is 46.2. The molecular formula is C34H21Br. The van der Waals surface area contributed by atoms with Crippen LogP contribution in [0.2, 0.25) is 0 Å². The highest BCUT2D eigenvalue weighted by atomic mass is 79.9. The molecule has 0 N–H and O–H groups in total. The van der Waals surface area contributed by atoms with Crippen LogP contribution in [0.1, 0.15) is 0 Å². The molecule has 0 saturated carbocycles. The third-order valence-electron chi connectivity index (χ3n) is 7.10. The van der Waals surface area contributed by atoms with E-state index in [4.69, 9.17) is 0 Å². The van der Waals surface area contributed by atoms with Crippen molar-refractivity contribution in [3.8, 4) is 22.3 Å². The number of hydrogen-bond donors (Lipinski definition) is 0. The summed E-state index contributed by atoms with van der Waals surface area (Å²) in [7, 11) is 0. The van der Waals surface area contributed by atoms with Gasteiger partial charge in [0, 0.05) is 4.47 Å². The van der Waals surface area contributed by atoms with Gasteiger partial charge in [-0.1, -0.05) is 115 Å². The van der Waals surface area contributed by atoms with E-state index < -0.39 is 0 Å². The van der Waals surface area contributed by atoms with E-state index >= 15 is 0 Å². The van der Waals surface area contributed by atoms with Crippen molar-refractivity contribution in [1.82, 2.24) is 0 Å². The van der Waals surface area contributed by atoms with Crippen molar-refractivity contribution in [2.45, 2.75) is 0 Å². The monoisotopic (exact) mass is 508 g/mol. The largest absolute Gasteiger partial charge is 0.0616 e. The highest BCUT2D eigenvalue weighted by Gasteiger charge is 2.16. The van der Waals surface area contributed by atoms with Crippen LogP contribution in [0.5, 0.6) is 0 Å². The lowest BCUT2D eigenvalue weighted by atomic mass is 9.88. The predicted molar refractivity (Wildman–Crippen MR) is 155 cm³/mol. The van der Waals surface area contributed by atoms with Crippen LogP contribution in [0.4, 0.5) is 0 Å². The second kappa shape index (κ2) is 8.08. The molecular weight excluding hydrogens is 488 g/mol. The zero-order chi connectivity index (χ0) is 23.4. The number of fused-ring (bicyclic) bond motifs is 4. The number of benzene rings is 7. The number of hydrogen-bond acceptors (Lipinski definition) is 0. The second-order valence-corrected chi connectivity index (χ2v) is 9.88. The van der Waals surface area contributed by atoms with E-state index in [9.17, 15) is 0 Å². The molecule has 0 aliphatic rings. The van der Waals surface area contributed by atoms with Crippen molar-refractivity contribution in [3.63, 3.8) is 0 Å². The molecule has 0 aromatic heterocycles. The quantitative estimate of drug-likeness (QED) is 0.203. The lowest BCUT2D eigenvalue weighted by Crippen LogP contribution is -1.90. The molecule has 35 heavy (non-hydrogen) atoms. The molecule has 0 aliphatic heterocycles. The average molecular weight is 509 g/mol. The van der Waals surface area contributed by atoms with Gasteiger partial charge in [0.1, 0.15) is 0 Å². The molecule has 0 spiro atoms. The Morgan fingerprint density at radius 1 is 0.371 bits per heavy atom. The molecule has 0 heterocycles. The molecule has 0 radical (unpaired) electrons. The Bertz CT molecular complexity index is 1910. The van der Waals surface area contributed by atoms with Gasteiger partial charge in [-0.05, 0) is 93.4 Å². The summed E-state index contributed by atoms with van der Waals surface area (Å²) in [4.78, 5) is 0. The van der Waals surface area contributed by atoms with Gasteiger partial charge in [0.15, 0.2) is 0 Å². The van der Waals surface area contributed by atoms with E-state index in [2.05, 4.69) is 143 Å². The van der Waals surface area contributed by atoms with E-state index in [1.807, 2.05) is 0 Å². The Balaban J connectivity index is 1.60. The highest BCUT2D eigenvalue weighted by Crippen LogP contribution is 2.44. The fraction of sp³-hybridized carbons (Fsp3) is 0. The number of rotatable bonds is 2. The Morgan fingerprint density at radius 2 is 0.971 bits per heavy atom. The topological polar surface area (TPSA) is 0 Å². The van der Waals surface area contributed by atoms with Crippen LogP contribution in [-0.4, -0.2) is 0 Å². The van der Waals surface area contributed by atoms with E-state index in [-0.39, 0.29) is 0 Å². The van der Waals surface area contributed by atoms with Gasteiger partial charge in [0.2, 0.25) is 0 Å². The van der Waals surface area contributed by atoms with Crippen molar-refractivity contribution < 1.29 is 0 Å². The fourth-order valence-corrected chi connectivity index (χ4v) is 6.10. The average Bonchev–Trinajstić information content (AvgIpc) is 2.93. The van der Waals surface area contributed by atoms with Gasteiger partial charge in [-0.15, -0.1) is 0 Å². The van der Waals surface area contributed by atoms with Crippen molar-refractivity contribution in [3.05, 3.63) is 132 Å². The summed E-state index contributed by atoms with van der Waals surface area (Å²) >= 11 is 3.95. The summed E-state index contributed by atoms with van der Waals surface area (Å²) in [5.41, 5.74) is 5.02. The van der Waals surface area contributed by atoms with Gasteiger partial charge >= 0.3 is 0 Å². The number of halogens is 1. The normalized spacial score (nSPS) is 11.6. The van der Waals surface area contributed by atoms with Crippen LogP contribution in [0.3, 0.4) is 0 Å². The van der Waals surface area contributed by atoms with Crippen molar-refractivity contribution in [1.29, 1.82) is 0 Å². The van der Waals surface area contributed by atoms with Crippen LogP contribution in [-0.2, 0) is 0 Å². The maximum atomic E-state index is 3.95. The van der Waals surface area contributed by atoms with E-state index in [1.54, 1.807) is 0 Å². The lowest BCUT2D eigenvalue weighted by Gasteiger charge is -2.17. The Kier molecular flexibility index (Phi) is 4.72. The third-order valence-corrected chi connectivity index (χ3v) is 7.95. The molecule has 7 aromatic carbocycles. The fourth-order valence-electron chi connectivity index (χ4n) is 5.41. The van der Waals surface area contributed by atoms with Crippen LogP contribution < -0.4 is 0 Å². The molecule has 7 aromatic rings. The second-order valence-electron chi connectivity index (χ2n) is 9.08. The third kappa shape index (κ3) is 3.27. The van der Waals surface area contributed by atoms with Crippen molar-refractivity contribution >= 4 is 59.0 Å². The first kappa shape index (κ1) is 20.4. The Hall–Kier alpha value is -3.94. The molecule has 0 bridgehead atoms. The highest BCUT2D eigenvalue weighted by molar-refractivity contribution is 9.10. The minimum absolute atomic E-state index is 1.15. The summed E-state index contributed by atoms with van der Waals surface area (Å²) in [5.74, 6) is 0. The first-order chi connectivity index (χ1) is 17.3. The van der Waals surface area contributed by atoms with E-state index in [1.165, 1.54) is 65.3 Å². The molecule has 0 aliphatic carbocycles. The molecule has 0 saturated heterocycles. The molecule has 0 fully saturated rings. The summed E-state index contributed by atoms with van der Waals surface area (Å²) < 4.78 is 1.15. The Labute approximate surface area is 212 Å². The zero-order valence-corrected chi connectivity index (χ0v) is 20.6. The SMILES string of the molecule is Brc1c2ccccc2c(-c2cccc3ccccc23)c2cc(-c3ccc4ccccc4c3)ccc12. The molecule has 0 amide bonds. The summed E-state index contributed by atoms with van der Waals surface area (Å²) in [6.45, 7) is 0. The van der Waals surface area contributed by atoms with Gasteiger partial charge in [0.05, 0.1) is 0 Å². The van der Waals surface area contributed by atoms with Gasteiger partial charge < -0.3 is 0 Å². The smallest absolute Gasteiger partial charge is 0.0332 e. The van der Waals surface area contributed by atoms with Gasteiger partial charge in [0.25, 0.3) is 0 Å². The minimum atomic E-state index is 1.15. The molecule has 0 atom stereocenters. The molecule has 0 nitrogen and oxygen atoms in total. The first-order valence-electron chi connectivity index (χ1n) is 11.9. The minimum Gasteiger partial charge on any atom is -0.0616 e. The summed E-state index contributed by atoms with van der Waals surface area (Å²) in [6.07, 6.45) is 0. The molecule has 1 heteroatoms. The zero-order valence-electron chi connectivity index (χ0n) is 19.0. The molecule has 164 valence electrons. The van der Waals surface area contributed by atoms with Gasteiger partial charge in [-0.2, -0.15) is 0 Å². The first-order valence-corrected chi connectivity index (χ1v) is 12.7. The summed E-state index contributed by atoms with van der Waals surface area (Å²) in [5, 5.41) is 10.1. The predicted octanol–water partition coefficient (Wildman–Crippen LogP) is 10.4. The maximum absolute atomic E-state index is 3.95. The molecule has 7 rings (SSSR count). The Morgan fingerprint density at radius 3 is 1.83 bits per heavy atom. The van der Waals surface area contributed by atoms with Crippen LogP contribution in [0.25, 0.3) is 65.3 Å². The molecule has 0 unspecified atom stereocenters. The van der Waals surface area contributed by atoms with E-state index in [0.29, 0.717) is 0 Å². The van der Waals surface area contributed by atoms with Gasteiger partial charge in [-0.3, -0.25) is 0 Å². The van der Waals surface area contributed by atoms with E-state index in [0.717, 1.165) is 4.47 Å². The maximum Gasteiger partial charge on any atom is 0.0332 e. The van der Waals surface area contributed by atoms with Crippen molar-refractivity contribution in [2.75, 3.05) is 0 Å². The standard InChI is InChI=1S/C34H21Br/c35-34-30-14-6-5-13-29(30)33(28-15-7-11-23-9-3-4-12-27(23)28)32-21-26(18-19-31(32)34)25-17-16-22-8-1-2-10-24(22)20-25/h1-21H. The lowest BCUT2D eigenvalue weighted by molar-refractivity contribution is 1.66. The van der Waals surface area contributed by atoms with Crippen LogP contribution in [0.15, 0.2) is 132 Å².